The number of benzene rings is 1. The molecule has 0 radical (unpaired) electrons. The number of rotatable bonds is 8. The highest BCUT2D eigenvalue weighted by molar-refractivity contribution is 7.99. The van der Waals surface area contributed by atoms with E-state index in [1.807, 2.05) is 33.9 Å². The minimum atomic E-state index is -0.458. The number of thioether (sulfide) groups is 1. The molecule has 1 aromatic carbocycles. The maximum absolute atomic E-state index is 12.7. The molecule has 0 atom stereocenters. The minimum absolute atomic E-state index is 0.140. The van der Waals surface area contributed by atoms with Gasteiger partial charge in [-0.1, -0.05) is 43.2 Å². The lowest BCUT2D eigenvalue weighted by molar-refractivity contribution is -0.113. The van der Waals surface area contributed by atoms with Gasteiger partial charge >= 0.3 is 5.97 Å². The molecule has 0 unspecified atom stereocenters. The largest absolute Gasteiger partial charge is 0.462 e. The Labute approximate surface area is 191 Å². The first kappa shape index (κ1) is 22.1. The number of nitrogens with one attached hydrogen (secondary N) is 1. The molecular weight excluding hydrogens is 426 g/mol. The summed E-state index contributed by atoms with van der Waals surface area (Å²) < 4.78 is 9.04. The molecule has 2 aromatic heterocycles. The Bertz CT molecular complexity index is 1060. The number of carbonyl (C=O) groups is 2. The SMILES string of the molecule is CCOC(=O)c1ccccc1NC(=O)CSc1nnc(C2CCCCC2)n1-n1cccc1. The van der Waals surface area contributed by atoms with E-state index >= 15 is 0 Å². The van der Waals surface area contributed by atoms with Crippen molar-refractivity contribution in [3.05, 3.63) is 60.2 Å². The normalized spacial score (nSPS) is 14.3. The van der Waals surface area contributed by atoms with E-state index < -0.39 is 5.97 Å². The van der Waals surface area contributed by atoms with Crippen LogP contribution in [-0.2, 0) is 9.53 Å². The van der Waals surface area contributed by atoms with Crippen LogP contribution in [0.4, 0.5) is 5.69 Å². The van der Waals surface area contributed by atoms with Crippen molar-refractivity contribution in [1.82, 2.24) is 19.5 Å². The molecule has 1 aliphatic rings. The minimum Gasteiger partial charge on any atom is -0.462 e. The van der Waals surface area contributed by atoms with E-state index in [1.165, 1.54) is 31.0 Å². The fourth-order valence-corrected chi connectivity index (χ4v) is 4.69. The molecule has 9 heteroatoms. The molecule has 3 aromatic rings. The van der Waals surface area contributed by atoms with E-state index in [2.05, 4.69) is 15.5 Å². The first-order chi connectivity index (χ1) is 15.7. The fourth-order valence-electron chi connectivity index (χ4n) is 3.95. The zero-order chi connectivity index (χ0) is 22.3. The number of nitrogens with zero attached hydrogens (tertiary/aromatic N) is 4. The topological polar surface area (TPSA) is 91.0 Å². The van der Waals surface area contributed by atoms with Gasteiger partial charge in [0.2, 0.25) is 11.1 Å². The monoisotopic (exact) mass is 453 g/mol. The lowest BCUT2D eigenvalue weighted by atomic mass is 9.89. The van der Waals surface area contributed by atoms with E-state index in [0.717, 1.165) is 18.7 Å². The van der Waals surface area contributed by atoms with Crippen molar-refractivity contribution in [3.63, 3.8) is 0 Å². The summed E-state index contributed by atoms with van der Waals surface area (Å²) in [5.41, 5.74) is 0.772. The fraction of sp³-hybridized carbons (Fsp3) is 0.391. The van der Waals surface area contributed by atoms with Crippen LogP contribution < -0.4 is 5.32 Å². The number of aromatic nitrogens is 4. The van der Waals surface area contributed by atoms with Gasteiger partial charge in [-0.3, -0.25) is 9.47 Å². The summed E-state index contributed by atoms with van der Waals surface area (Å²) in [7, 11) is 0. The molecule has 168 valence electrons. The third kappa shape index (κ3) is 5.04. The number of ether oxygens (including phenoxy) is 1. The second-order valence-electron chi connectivity index (χ2n) is 7.65. The molecular formula is C23H27N5O3S. The molecule has 2 heterocycles. The van der Waals surface area contributed by atoms with E-state index in [1.54, 1.807) is 31.2 Å². The van der Waals surface area contributed by atoms with E-state index in [0.29, 0.717) is 22.3 Å². The van der Waals surface area contributed by atoms with Gasteiger partial charge in [-0.2, -0.15) is 0 Å². The highest BCUT2D eigenvalue weighted by Crippen LogP contribution is 2.33. The van der Waals surface area contributed by atoms with Crippen molar-refractivity contribution in [2.45, 2.75) is 50.1 Å². The average molecular weight is 454 g/mol. The predicted octanol–water partition coefficient (Wildman–Crippen LogP) is 4.35. The summed E-state index contributed by atoms with van der Waals surface area (Å²) in [6.07, 6.45) is 9.79. The first-order valence-electron chi connectivity index (χ1n) is 10.9. The third-order valence-corrected chi connectivity index (χ3v) is 6.37. The number of hydrogen-bond acceptors (Lipinski definition) is 6. The highest BCUT2D eigenvalue weighted by atomic mass is 32.2. The Morgan fingerprint density at radius 1 is 1.09 bits per heavy atom. The zero-order valence-electron chi connectivity index (χ0n) is 18.1. The maximum Gasteiger partial charge on any atom is 0.340 e. The maximum atomic E-state index is 12.7. The van der Waals surface area contributed by atoms with Gasteiger partial charge in [0.25, 0.3) is 0 Å². The Hall–Kier alpha value is -3.07. The van der Waals surface area contributed by atoms with Crippen LogP contribution in [0.5, 0.6) is 0 Å². The van der Waals surface area contributed by atoms with E-state index in [9.17, 15) is 9.59 Å². The number of anilines is 1. The van der Waals surface area contributed by atoms with Gasteiger partial charge in [0, 0.05) is 18.3 Å². The molecule has 32 heavy (non-hydrogen) atoms. The second-order valence-corrected chi connectivity index (χ2v) is 8.60. The number of para-hydroxylation sites is 1. The van der Waals surface area contributed by atoms with E-state index in [-0.39, 0.29) is 18.3 Å². The molecule has 0 spiro atoms. The van der Waals surface area contributed by atoms with Gasteiger partial charge in [-0.15, -0.1) is 10.2 Å². The molecule has 1 saturated carbocycles. The van der Waals surface area contributed by atoms with Crippen LogP contribution in [0.2, 0.25) is 0 Å². The lowest BCUT2D eigenvalue weighted by Gasteiger charge is -2.22. The molecule has 8 nitrogen and oxygen atoms in total. The van der Waals surface area contributed by atoms with Crippen LogP contribution in [0, 0.1) is 0 Å². The number of carbonyl (C=O) groups excluding carboxylic acids is 2. The zero-order valence-corrected chi connectivity index (χ0v) is 18.9. The standard InChI is InChI=1S/C23H27N5O3S/c1-2-31-22(30)18-12-6-7-13-19(18)24-20(29)16-32-23-26-25-21(17-10-4-3-5-11-17)28(23)27-14-8-9-15-27/h6-9,12-15,17H,2-5,10-11,16H2,1H3,(H,24,29). The Morgan fingerprint density at radius 2 is 1.84 bits per heavy atom. The highest BCUT2D eigenvalue weighted by Gasteiger charge is 2.25. The molecule has 0 saturated heterocycles. The number of hydrogen-bond donors (Lipinski definition) is 1. The number of amides is 1. The van der Waals surface area contributed by atoms with Crippen LogP contribution in [0.3, 0.4) is 0 Å². The van der Waals surface area contributed by atoms with Gasteiger partial charge in [-0.05, 0) is 44.0 Å². The quantitative estimate of drug-likeness (QED) is 0.403. The second kappa shape index (κ2) is 10.5. The Kier molecular flexibility index (Phi) is 7.26. The van der Waals surface area contributed by atoms with Gasteiger partial charge < -0.3 is 10.1 Å². The van der Waals surface area contributed by atoms with Crippen LogP contribution in [0.1, 0.15) is 61.1 Å². The summed E-state index contributed by atoms with van der Waals surface area (Å²) >= 11 is 1.32. The van der Waals surface area contributed by atoms with Crippen LogP contribution in [-0.4, -0.2) is 43.8 Å². The van der Waals surface area contributed by atoms with Gasteiger partial charge in [0.1, 0.15) is 0 Å². The van der Waals surface area contributed by atoms with Crippen molar-refractivity contribution < 1.29 is 14.3 Å². The number of esters is 1. The first-order valence-corrected chi connectivity index (χ1v) is 11.9. The smallest absolute Gasteiger partial charge is 0.340 e. The van der Waals surface area contributed by atoms with E-state index in [4.69, 9.17) is 4.74 Å². The van der Waals surface area contributed by atoms with Crippen molar-refractivity contribution in [1.29, 1.82) is 0 Å². The van der Waals surface area contributed by atoms with Gasteiger partial charge in [0.15, 0.2) is 5.82 Å². The molecule has 0 aliphatic heterocycles. The van der Waals surface area contributed by atoms with Crippen LogP contribution in [0.25, 0.3) is 0 Å². The molecule has 1 aliphatic carbocycles. The molecule has 4 rings (SSSR count). The molecule has 1 amide bonds. The molecule has 1 fully saturated rings. The molecule has 1 N–H and O–H groups in total. The summed E-state index contributed by atoms with van der Waals surface area (Å²) in [6.45, 7) is 2.02. The van der Waals surface area contributed by atoms with Gasteiger partial charge in [-0.25, -0.2) is 9.47 Å². The third-order valence-electron chi connectivity index (χ3n) is 5.46. The van der Waals surface area contributed by atoms with Crippen LogP contribution in [0.15, 0.2) is 53.9 Å². The Morgan fingerprint density at radius 3 is 2.59 bits per heavy atom. The van der Waals surface area contributed by atoms with Crippen molar-refractivity contribution in [3.8, 4) is 0 Å². The summed E-state index contributed by atoms with van der Waals surface area (Å²) in [4.78, 5) is 24.8. The predicted molar refractivity (Wildman–Crippen MR) is 123 cm³/mol. The van der Waals surface area contributed by atoms with Crippen molar-refractivity contribution >= 4 is 29.3 Å². The van der Waals surface area contributed by atoms with Crippen molar-refractivity contribution in [2.24, 2.45) is 0 Å². The van der Waals surface area contributed by atoms with Crippen LogP contribution >= 0.6 is 11.8 Å². The summed E-state index contributed by atoms with van der Waals surface area (Å²) in [6, 6.07) is 10.8. The average Bonchev–Trinajstić information content (AvgIpc) is 3.48. The Balaban J connectivity index is 1.48. The molecule has 0 bridgehead atoms. The summed E-state index contributed by atoms with van der Waals surface area (Å²) in [5, 5.41) is 12.4. The summed E-state index contributed by atoms with van der Waals surface area (Å²) in [5.74, 6) is 0.768. The van der Waals surface area contributed by atoms with Crippen molar-refractivity contribution in [2.75, 3.05) is 17.7 Å². The lowest BCUT2D eigenvalue weighted by Crippen LogP contribution is -2.19. The van der Waals surface area contributed by atoms with Gasteiger partial charge in [0.05, 0.1) is 23.6 Å².